The fourth-order valence-electron chi connectivity index (χ4n) is 3.00. The molecule has 0 unspecified atom stereocenters. The van der Waals surface area contributed by atoms with Gasteiger partial charge in [-0.1, -0.05) is 6.07 Å². The molecule has 0 spiro atoms. The summed E-state index contributed by atoms with van der Waals surface area (Å²) in [6.07, 6.45) is 1.47. The number of hydrogen-bond acceptors (Lipinski definition) is 4. The Bertz CT molecular complexity index is 721. The van der Waals surface area contributed by atoms with E-state index in [0.717, 1.165) is 43.3 Å². The quantitative estimate of drug-likeness (QED) is 0.941. The second-order valence-corrected chi connectivity index (χ2v) is 6.21. The summed E-state index contributed by atoms with van der Waals surface area (Å²) in [5.74, 6) is 0.253. The number of aromatic nitrogens is 2. The first-order valence-electron chi connectivity index (χ1n) is 8.15. The molecule has 6 heteroatoms. The van der Waals surface area contributed by atoms with Gasteiger partial charge in [0.1, 0.15) is 5.82 Å². The molecule has 1 saturated heterocycles. The summed E-state index contributed by atoms with van der Waals surface area (Å²) in [4.78, 5) is 23.4. The lowest BCUT2D eigenvalue weighted by atomic mass is 9.96. The number of carbonyl (C=O) groups excluding carboxylic acids is 1. The van der Waals surface area contributed by atoms with Gasteiger partial charge in [0.2, 0.25) is 11.9 Å². The van der Waals surface area contributed by atoms with Gasteiger partial charge in [-0.15, -0.1) is 0 Å². The Morgan fingerprint density at radius 1 is 1.17 bits per heavy atom. The molecule has 1 amide bonds. The summed E-state index contributed by atoms with van der Waals surface area (Å²) in [5, 5.41) is 2.80. The number of nitrogens with one attached hydrogen (secondary N) is 1. The number of nitrogens with zero attached hydrogens (tertiary/aromatic N) is 3. The van der Waals surface area contributed by atoms with Crippen LogP contribution in [0.25, 0.3) is 0 Å². The molecule has 0 bridgehead atoms. The second kappa shape index (κ2) is 6.95. The van der Waals surface area contributed by atoms with Crippen molar-refractivity contribution in [2.45, 2.75) is 26.7 Å². The minimum Gasteiger partial charge on any atom is -0.341 e. The molecule has 1 fully saturated rings. The van der Waals surface area contributed by atoms with Gasteiger partial charge in [-0.25, -0.2) is 14.4 Å². The molecule has 1 aliphatic rings. The predicted octanol–water partition coefficient (Wildman–Crippen LogP) is 3.09. The Kier molecular flexibility index (Phi) is 4.74. The van der Waals surface area contributed by atoms with Crippen molar-refractivity contribution in [3.63, 3.8) is 0 Å². The van der Waals surface area contributed by atoms with Crippen LogP contribution in [0.4, 0.5) is 16.0 Å². The van der Waals surface area contributed by atoms with E-state index in [0.29, 0.717) is 5.69 Å². The third-order valence-electron chi connectivity index (χ3n) is 4.21. The first-order valence-corrected chi connectivity index (χ1v) is 8.15. The SMILES string of the molecule is Cc1cc(C)nc(N2CCC(C(=O)Nc3cccc(F)c3)CC2)n1. The van der Waals surface area contributed by atoms with E-state index in [1.54, 1.807) is 12.1 Å². The molecule has 5 nitrogen and oxygen atoms in total. The highest BCUT2D eigenvalue weighted by atomic mass is 19.1. The molecule has 0 aliphatic carbocycles. The standard InChI is InChI=1S/C18H21FN4O/c1-12-10-13(2)21-18(20-12)23-8-6-14(7-9-23)17(24)22-16-5-3-4-15(19)11-16/h3-5,10-11,14H,6-9H2,1-2H3,(H,22,24). The highest BCUT2D eigenvalue weighted by Gasteiger charge is 2.26. The number of carbonyl (C=O) groups is 1. The number of benzene rings is 1. The molecule has 2 aromatic rings. The molecule has 3 rings (SSSR count). The monoisotopic (exact) mass is 328 g/mol. The lowest BCUT2D eigenvalue weighted by molar-refractivity contribution is -0.120. The van der Waals surface area contributed by atoms with E-state index < -0.39 is 0 Å². The molecule has 0 radical (unpaired) electrons. The van der Waals surface area contributed by atoms with E-state index in [-0.39, 0.29) is 17.6 Å². The van der Waals surface area contributed by atoms with Crippen molar-refractivity contribution < 1.29 is 9.18 Å². The lowest BCUT2D eigenvalue weighted by Crippen LogP contribution is -2.39. The minimum atomic E-state index is -0.352. The van der Waals surface area contributed by atoms with Crippen molar-refractivity contribution >= 4 is 17.5 Å². The van der Waals surface area contributed by atoms with Gasteiger partial charge in [-0.2, -0.15) is 0 Å². The highest BCUT2D eigenvalue weighted by Crippen LogP contribution is 2.23. The molecule has 1 N–H and O–H groups in total. The van der Waals surface area contributed by atoms with Crippen LogP contribution in [-0.4, -0.2) is 29.0 Å². The van der Waals surface area contributed by atoms with Gasteiger partial charge in [0.25, 0.3) is 0 Å². The molecule has 2 heterocycles. The third kappa shape index (κ3) is 3.88. The Hall–Kier alpha value is -2.50. The van der Waals surface area contributed by atoms with E-state index in [9.17, 15) is 9.18 Å². The topological polar surface area (TPSA) is 58.1 Å². The molecule has 24 heavy (non-hydrogen) atoms. The Morgan fingerprint density at radius 3 is 2.46 bits per heavy atom. The molecule has 1 aromatic carbocycles. The summed E-state index contributed by atoms with van der Waals surface area (Å²) in [7, 11) is 0. The van der Waals surface area contributed by atoms with Crippen LogP contribution < -0.4 is 10.2 Å². The Labute approximate surface area is 140 Å². The Balaban J connectivity index is 1.59. The average molecular weight is 328 g/mol. The van der Waals surface area contributed by atoms with Gasteiger partial charge >= 0.3 is 0 Å². The minimum absolute atomic E-state index is 0.0541. The number of rotatable bonds is 3. The van der Waals surface area contributed by atoms with Crippen LogP contribution in [0.3, 0.4) is 0 Å². The van der Waals surface area contributed by atoms with Crippen molar-refractivity contribution in [2.75, 3.05) is 23.3 Å². The smallest absolute Gasteiger partial charge is 0.227 e. The van der Waals surface area contributed by atoms with Crippen molar-refractivity contribution in [2.24, 2.45) is 5.92 Å². The number of piperidine rings is 1. The number of anilines is 2. The number of hydrogen-bond donors (Lipinski definition) is 1. The van der Waals surface area contributed by atoms with Crippen LogP contribution in [0.2, 0.25) is 0 Å². The maximum atomic E-state index is 13.2. The van der Waals surface area contributed by atoms with Crippen molar-refractivity contribution in [3.8, 4) is 0 Å². The zero-order valence-electron chi connectivity index (χ0n) is 13.9. The molecule has 1 aromatic heterocycles. The molecule has 0 atom stereocenters. The molecule has 0 saturated carbocycles. The highest BCUT2D eigenvalue weighted by molar-refractivity contribution is 5.92. The average Bonchev–Trinajstić information content (AvgIpc) is 2.54. The molecular formula is C18H21FN4O. The Morgan fingerprint density at radius 2 is 1.83 bits per heavy atom. The van der Waals surface area contributed by atoms with E-state index in [1.807, 2.05) is 19.9 Å². The summed E-state index contributed by atoms with van der Waals surface area (Å²) in [6, 6.07) is 7.92. The van der Waals surface area contributed by atoms with Gasteiger partial charge in [0.15, 0.2) is 0 Å². The zero-order chi connectivity index (χ0) is 17.1. The fraction of sp³-hybridized carbons (Fsp3) is 0.389. The van der Waals surface area contributed by atoms with Crippen molar-refractivity contribution in [1.29, 1.82) is 0 Å². The lowest BCUT2D eigenvalue weighted by Gasteiger charge is -2.31. The maximum absolute atomic E-state index is 13.2. The van der Waals surface area contributed by atoms with Gasteiger partial charge < -0.3 is 10.2 Å². The zero-order valence-corrected chi connectivity index (χ0v) is 13.9. The second-order valence-electron chi connectivity index (χ2n) is 6.21. The summed E-state index contributed by atoms with van der Waals surface area (Å²) in [6.45, 7) is 5.39. The van der Waals surface area contributed by atoms with Crippen LogP contribution >= 0.6 is 0 Å². The van der Waals surface area contributed by atoms with Gasteiger partial charge in [-0.05, 0) is 51.0 Å². The normalized spacial score (nSPS) is 15.4. The first-order chi connectivity index (χ1) is 11.5. The van der Waals surface area contributed by atoms with Crippen LogP contribution in [0.5, 0.6) is 0 Å². The van der Waals surface area contributed by atoms with E-state index in [4.69, 9.17) is 0 Å². The molecule has 126 valence electrons. The third-order valence-corrected chi connectivity index (χ3v) is 4.21. The van der Waals surface area contributed by atoms with Crippen molar-refractivity contribution in [3.05, 3.63) is 47.5 Å². The fourth-order valence-corrected chi connectivity index (χ4v) is 3.00. The molecular weight excluding hydrogens is 307 g/mol. The number of halogens is 1. The van der Waals surface area contributed by atoms with Gasteiger partial charge in [-0.3, -0.25) is 4.79 Å². The van der Waals surface area contributed by atoms with Gasteiger partial charge in [0.05, 0.1) is 0 Å². The van der Waals surface area contributed by atoms with Gasteiger partial charge in [0, 0.05) is 36.1 Å². The first kappa shape index (κ1) is 16.4. The van der Waals surface area contributed by atoms with Crippen molar-refractivity contribution in [1.82, 2.24) is 9.97 Å². The number of amides is 1. The molecule has 1 aliphatic heterocycles. The van der Waals surface area contributed by atoms with Crippen LogP contribution in [0.1, 0.15) is 24.2 Å². The summed E-state index contributed by atoms with van der Waals surface area (Å²) < 4.78 is 13.2. The summed E-state index contributed by atoms with van der Waals surface area (Å²) >= 11 is 0. The van der Waals surface area contributed by atoms with Crippen LogP contribution in [0.15, 0.2) is 30.3 Å². The van der Waals surface area contributed by atoms with E-state index >= 15 is 0 Å². The summed E-state index contributed by atoms with van der Waals surface area (Å²) in [5.41, 5.74) is 2.40. The predicted molar refractivity (Wildman–Crippen MR) is 91.5 cm³/mol. The van der Waals surface area contributed by atoms with Crippen LogP contribution in [0, 0.1) is 25.6 Å². The number of aryl methyl sites for hydroxylation is 2. The van der Waals surface area contributed by atoms with E-state index in [2.05, 4.69) is 20.2 Å². The van der Waals surface area contributed by atoms with E-state index in [1.165, 1.54) is 12.1 Å². The van der Waals surface area contributed by atoms with Crippen LogP contribution in [-0.2, 0) is 4.79 Å². The maximum Gasteiger partial charge on any atom is 0.227 e. The largest absolute Gasteiger partial charge is 0.341 e.